The molecule has 19 heavy (non-hydrogen) atoms. The molecule has 7 heteroatoms. The van der Waals surface area contributed by atoms with Crippen LogP contribution < -0.4 is 4.72 Å². The number of halogens is 1. The predicted octanol–water partition coefficient (Wildman–Crippen LogP) is 1.52. The van der Waals surface area contributed by atoms with Gasteiger partial charge in [0.15, 0.2) is 0 Å². The van der Waals surface area contributed by atoms with Gasteiger partial charge in [-0.25, -0.2) is 12.8 Å². The van der Waals surface area contributed by atoms with Gasteiger partial charge in [-0.2, -0.15) is 4.72 Å². The summed E-state index contributed by atoms with van der Waals surface area (Å²) < 4.78 is 39.6. The molecular formula is C12H16FNO4S. The molecule has 1 atom stereocenters. The largest absolute Gasteiger partial charge is 0.480 e. The Balaban J connectivity index is 3.17. The number of hydrogen-bond donors (Lipinski definition) is 2. The topological polar surface area (TPSA) is 83.5 Å². The molecular weight excluding hydrogens is 273 g/mol. The highest BCUT2D eigenvalue weighted by molar-refractivity contribution is 7.89. The summed E-state index contributed by atoms with van der Waals surface area (Å²) in [7, 11) is -4.21. The number of rotatable bonds is 5. The van der Waals surface area contributed by atoms with Crippen LogP contribution in [0.5, 0.6) is 0 Å². The Morgan fingerprint density at radius 3 is 2.42 bits per heavy atom. The van der Waals surface area contributed by atoms with E-state index in [1.165, 1.54) is 6.07 Å². The molecule has 5 nitrogen and oxygen atoms in total. The first-order valence-corrected chi connectivity index (χ1v) is 7.14. The molecule has 0 spiro atoms. The third kappa shape index (κ3) is 3.74. The quantitative estimate of drug-likeness (QED) is 0.861. The highest BCUT2D eigenvalue weighted by Gasteiger charge is 2.29. The number of aryl methyl sites for hydroxylation is 1. The van der Waals surface area contributed by atoms with Gasteiger partial charge in [0.05, 0.1) is 0 Å². The lowest BCUT2D eigenvalue weighted by atomic mass is 10.1. The van der Waals surface area contributed by atoms with E-state index in [0.717, 1.165) is 12.1 Å². The van der Waals surface area contributed by atoms with Gasteiger partial charge in [0, 0.05) is 0 Å². The number of carbonyl (C=O) groups is 1. The highest BCUT2D eigenvalue weighted by atomic mass is 32.2. The fourth-order valence-corrected chi connectivity index (χ4v) is 3.02. The van der Waals surface area contributed by atoms with Crippen LogP contribution in [0.4, 0.5) is 4.39 Å². The number of carboxylic acids is 1. The molecule has 0 heterocycles. The molecule has 1 aromatic carbocycles. The number of carboxylic acid groups (broad SMARTS) is 1. The number of nitrogens with one attached hydrogen (secondary N) is 1. The van der Waals surface area contributed by atoms with Crippen molar-refractivity contribution in [2.24, 2.45) is 5.92 Å². The van der Waals surface area contributed by atoms with Crippen molar-refractivity contribution in [3.63, 3.8) is 0 Å². The molecule has 0 aliphatic rings. The minimum Gasteiger partial charge on any atom is -0.480 e. The summed E-state index contributed by atoms with van der Waals surface area (Å²) in [6, 6.07) is 2.34. The van der Waals surface area contributed by atoms with E-state index in [-0.39, 0.29) is 0 Å². The third-order valence-corrected chi connectivity index (χ3v) is 4.05. The van der Waals surface area contributed by atoms with Crippen LogP contribution in [0.15, 0.2) is 23.1 Å². The van der Waals surface area contributed by atoms with E-state index >= 15 is 0 Å². The Labute approximate surface area is 111 Å². The van der Waals surface area contributed by atoms with Crippen LogP contribution in [0.2, 0.25) is 0 Å². The molecule has 0 saturated heterocycles. The fourth-order valence-electron chi connectivity index (χ4n) is 1.52. The van der Waals surface area contributed by atoms with Gasteiger partial charge in [0.1, 0.15) is 16.8 Å². The zero-order chi connectivity index (χ0) is 14.8. The van der Waals surface area contributed by atoms with E-state index in [0.29, 0.717) is 5.56 Å². The summed E-state index contributed by atoms with van der Waals surface area (Å²) in [6.07, 6.45) is 0. The molecule has 0 bridgehead atoms. The van der Waals surface area contributed by atoms with Gasteiger partial charge in [-0.1, -0.05) is 19.9 Å². The molecule has 0 aliphatic carbocycles. The van der Waals surface area contributed by atoms with Crippen molar-refractivity contribution in [2.75, 3.05) is 0 Å². The van der Waals surface area contributed by atoms with Gasteiger partial charge in [0.2, 0.25) is 10.0 Å². The van der Waals surface area contributed by atoms with Crippen LogP contribution in [0.1, 0.15) is 19.4 Å². The van der Waals surface area contributed by atoms with Crippen LogP contribution in [0, 0.1) is 18.7 Å². The van der Waals surface area contributed by atoms with E-state index in [2.05, 4.69) is 0 Å². The van der Waals surface area contributed by atoms with E-state index < -0.39 is 38.7 Å². The monoisotopic (exact) mass is 289 g/mol. The molecule has 0 unspecified atom stereocenters. The predicted molar refractivity (Wildman–Crippen MR) is 67.7 cm³/mol. The first kappa shape index (κ1) is 15.6. The smallest absolute Gasteiger partial charge is 0.322 e. The minimum atomic E-state index is -4.21. The summed E-state index contributed by atoms with van der Waals surface area (Å²) in [5.74, 6) is -2.67. The second-order valence-corrected chi connectivity index (χ2v) is 6.30. The summed E-state index contributed by atoms with van der Waals surface area (Å²) in [5, 5.41) is 8.96. The molecule has 0 radical (unpaired) electrons. The Bertz CT molecular complexity index is 583. The molecule has 1 rings (SSSR count). The van der Waals surface area contributed by atoms with E-state index in [9.17, 15) is 17.6 Å². The summed E-state index contributed by atoms with van der Waals surface area (Å²) >= 11 is 0. The molecule has 0 saturated carbocycles. The van der Waals surface area contributed by atoms with E-state index in [1.807, 2.05) is 4.72 Å². The normalized spacial score (nSPS) is 13.5. The number of benzene rings is 1. The number of sulfonamides is 1. The van der Waals surface area contributed by atoms with Crippen LogP contribution >= 0.6 is 0 Å². The fraction of sp³-hybridized carbons (Fsp3) is 0.417. The van der Waals surface area contributed by atoms with Gasteiger partial charge >= 0.3 is 5.97 Å². The lowest BCUT2D eigenvalue weighted by molar-refractivity contribution is -0.140. The number of hydrogen-bond acceptors (Lipinski definition) is 3. The third-order valence-electron chi connectivity index (χ3n) is 2.59. The van der Waals surface area contributed by atoms with Crippen LogP contribution in [-0.2, 0) is 14.8 Å². The van der Waals surface area contributed by atoms with Crippen molar-refractivity contribution in [3.8, 4) is 0 Å². The average Bonchev–Trinajstić information content (AvgIpc) is 2.28. The lowest BCUT2D eigenvalue weighted by Crippen LogP contribution is -2.44. The standard InChI is InChI=1S/C12H16FNO4S/c1-7(2)11(12(15)16)14-19(17,18)10-6-8(3)4-5-9(10)13/h4-7,11,14H,1-3H3,(H,15,16)/t11-/m0/s1. The SMILES string of the molecule is Cc1ccc(F)c(S(=O)(=O)N[C@H](C(=O)O)C(C)C)c1. The summed E-state index contributed by atoms with van der Waals surface area (Å²) in [5.41, 5.74) is 0.568. The Hall–Kier alpha value is -1.47. The van der Waals surface area contributed by atoms with Gasteiger partial charge in [-0.3, -0.25) is 4.79 Å². The van der Waals surface area contributed by atoms with E-state index in [4.69, 9.17) is 5.11 Å². The van der Waals surface area contributed by atoms with Gasteiger partial charge in [0.25, 0.3) is 0 Å². The summed E-state index contributed by atoms with van der Waals surface area (Å²) in [4.78, 5) is 10.4. The molecule has 2 N–H and O–H groups in total. The second kappa shape index (κ2) is 5.66. The molecule has 0 amide bonds. The van der Waals surface area contributed by atoms with Crippen molar-refractivity contribution in [2.45, 2.75) is 31.7 Å². The first-order valence-electron chi connectivity index (χ1n) is 5.66. The molecule has 1 aromatic rings. The maximum atomic E-state index is 13.6. The lowest BCUT2D eigenvalue weighted by Gasteiger charge is -2.18. The number of aliphatic carboxylic acids is 1. The van der Waals surface area contributed by atoms with E-state index in [1.54, 1.807) is 20.8 Å². The van der Waals surface area contributed by atoms with Crippen LogP contribution in [-0.4, -0.2) is 25.5 Å². The molecule has 106 valence electrons. The zero-order valence-electron chi connectivity index (χ0n) is 10.8. The van der Waals surface area contributed by atoms with Gasteiger partial charge in [-0.05, 0) is 30.5 Å². The van der Waals surface area contributed by atoms with Crippen LogP contribution in [0.3, 0.4) is 0 Å². The van der Waals surface area contributed by atoms with Crippen molar-refractivity contribution >= 4 is 16.0 Å². The Morgan fingerprint density at radius 1 is 1.37 bits per heavy atom. The molecule has 0 aromatic heterocycles. The highest BCUT2D eigenvalue weighted by Crippen LogP contribution is 2.17. The minimum absolute atomic E-state index is 0.458. The Kier molecular flexibility index (Phi) is 4.65. The summed E-state index contributed by atoms with van der Waals surface area (Å²) in [6.45, 7) is 4.75. The van der Waals surface area contributed by atoms with Crippen molar-refractivity contribution in [1.29, 1.82) is 0 Å². The first-order chi connectivity index (χ1) is 8.65. The van der Waals surface area contributed by atoms with Gasteiger partial charge in [-0.15, -0.1) is 0 Å². The molecule has 0 fully saturated rings. The van der Waals surface area contributed by atoms with Crippen molar-refractivity contribution < 1.29 is 22.7 Å². The Morgan fingerprint density at radius 2 is 1.95 bits per heavy atom. The maximum Gasteiger partial charge on any atom is 0.322 e. The molecule has 0 aliphatic heterocycles. The second-order valence-electron chi connectivity index (χ2n) is 4.62. The maximum absolute atomic E-state index is 13.6. The van der Waals surface area contributed by atoms with Crippen molar-refractivity contribution in [3.05, 3.63) is 29.6 Å². The average molecular weight is 289 g/mol. The zero-order valence-corrected chi connectivity index (χ0v) is 11.7. The van der Waals surface area contributed by atoms with Gasteiger partial charge < -0.3 is 5.11 Å². The van der Waals surface area contributed by atoms with Crippen LogP contribution in [0.25, 0.3) is 0 Å². The van der Waals surface area contributed by atoms with Crippen molar-refractivity contribution in [1.82, 2.24) is 4.72 Å².